The molecule has 0 fully saturated rings. The summed E-state index contributed by atoms with van der Waals surface area (Å²) in [5, 5.41) is 9.74. The summed E-state index contributed by atoms with van der Waals surface area (Å²) in [4.78, 5) is 0. The van der Waals surface area contributed by atoms with Crippen LogP contribution in [0.15, 0.2) is 211 Å². The molecule has 1 heteroatoms. The second kappa shape index (κ2) is 12.7. The van der Waals surface area contributed by atoms with Gasteiger partial charge in [-0.25, -0.2) is 0 Å². The zero-order valence-electron chi connectivity index (χ0n) is 30.0. The van der Waals surface area contributed by atoms with Crippen molar-refractivity contribution in [3.8, 4) is 55.6 Å². The molecule has 0 radical (unpaired) electrons. The number of benzene rings is 10. The highest BCUT2D eigenvalue weighted by Gasteiger charge is 2.18. The van der Waals surface area contributed by atoms with E-state index < -0.39 is 0 Å². The molecule has 0 aliphatic rings. The zero-order chi connectivity index (χ0) is 36.3. The minimum atomic E-state index is 0.896. The molecule has 0 aliphatic carbocycles. The van der Waals surface area contributed by atoms with Gasteiger partial charge in [0.25, 0.3) is 0 Å². The third kappa shape index (κ3) is 5.24. The van der Waals surface area contributed by atoms with Gasteiger partial charge in [0.05, 0.1) is 0 Å². The van der Waals surface area contributed by atoms with E-state index in [1.165, 1.54) is 71.3 Å². The lowest BCUT2D eigenvalue weighted by Gasteiger charge is -2.19. The smallest absolute Gasteiger partial charge is 0.143 e. The van der Waals surface area contributed by atoms with Crippen molar-refractivity contribution in [1.82, 2.24) is 0 Å². The van der Waals surface area contributed by atoms with E-state index >= 15 is 0 Å². The summed E-state index contributed by atoms with van der Waals surface area (Å²) in [6, 6.07) is 74.7. The van der Waals surface area contributed by atoms with Crippen LogP contribution in [0.4, 0.5) is 0 Å². The van der Waals surface area contributed by atoms with Crippen molar-refractivity contribution in [1.29, 1.82) is 0 Å². The Morgan fingerprint density at radius 2 is 0.764 bits per heavy atom. The topological polar surface area (TPSA) is 13.1 Å². The van der Waals surface area contributed by atoms with Gasteiger partial charge in [-0.3, -0.25) is 0 Å². The molecule has 55 heavy (non-hydrogen) atoms. The summed E-state index contributed by atoms with van der Waals surface area (Å²) < 4.78 is 6.59. The van der Waals surface area contributed by atoms with Gasteiger partial charge in [0, 0.05) is 16.3 Å². The largest absolute Gasteiger partial charge is 0.455 e. The second-order valence-electron chi connectivity index (χ2n) is 14.4. The second-order valence-corrected chi connectivity index (χ2v) is 14.4. The molecule has 1 aromatic heterocycles. The van der Waals surface area contributed by atoms with Gasteiger partial charge in [-0.1, -0.05) is 176 Å². The molecule has 10 aromatic carbocycles. The van der Waals surface area contributed by atoms with Crippen LogP contribution < -0.4 is 0 Å². The molecule has 0 aliphatic heterocycles. The van der Waals surface area contributed by atoms with Crippen molar-refractivity contribution in [2.45, 2.75) is 0 Å². The lowest BCUT2D eigenvalue weighted by atomic mass is 9.85. The Bertz CT molecular complexity index is 3240. The van der Waals surface area contributed by atoms with Crippen LogP contribution in [0, 0.1) is 0 Å². The van der Waals surface area contributed by atoms with Gasteiger partial charge in [-0.15, -0.1) is 0 Å². The van der Waals surface area contributed by atoms with Crippen molar-refractivity contribution in [3.05, 3.63) is 206 Å². The van der Waals surface area contributed by atoms with Crippen molar-refractivity contribution in [2.24, 2.45) is 0 Å². The molecule has 11 aromatic rings. The predicted molar refractivity (Wildman–Crippen MR) is 233 cm³/mol. The third-order valence-corrected chi connectivity index (χ3v) is 11.2. The van der Waals surface area contributed by atoms with E-state index in [2.05, 4.69) is 206 Å². The zero-order valence-corrected chi connectivity index (χ0v) is 30.0. The minimum Gasteiger partial charge on any atom is -0.455 e. The number of fused-ring (bicyclic) bond motifs is 6. The van der Waals surface area contributed by atoms with Crippen LogP contribution in [0.3, 0.4) is 0 Å². The molecule has 0 saturated carbocycles. The van der Waals surface area contributed by atoms with Gasteiger partial charge >= 0.3 is 0 Å². The fourth-order valence-corrected chi connectivity index (χ4v) is 8.63. The van der Waals surface area contributed by atoms with E-state index in [1.54, 1.807) is 0 Å². The van der Waals surface area contributed by atoms with Crippen molar-refractivity contribution >= 4 is 54.3 Å². The summed E-state index contributed by atoms with van der Waals surface area (Å²) >= 11 is 0. The molecule has 0 atom stereocenters. The van der Waals surface area contributed by atoms with E-state index in [0.29, 0.717) is 0 Å². The first-order valence-electron chi connectivity index (χ1n) is 18.9. The summed E-state index contributed by atoms with van der Waals surface area (Å²) in [7, 11) is 0. The van der Waals surface area contributed by atoms with Crippen LogP contribution in [0.1, 0.15) is 0 Å². The molecule has 1 heterocycles. The average Bonchev–Trinajstić information content (AvgIpc) is 3.64. The SMILES string of the molecule is c1ccc(-c2c3ccccc3c(-c3ccccc3)c3cc(-c4cccc(-c5ccc6oc7c(-c8ccc9ccccc9c8)cccc7c6c5)c4)ccc23)cc1. The molecule has 0 amide bonds. The maximum atomic E-state index is 6.59. The van der Waals surface area contributed by atoms with Crippen molar-refractivity contribution in [3.63, 3.8) is 0 Å². The van der Waals surface area contributed by atoms with Gasteiger partial charge in [0.15, 0.2) is 0 Å². The number of para-hydroxylation sites is 1. The predicted octanol–water partition coefficient (Wildman–Crippen LogP) is 15.4. The Hall–Kier alpha value is -7.22. The van der Waals surface area contributed by atoms with Crippen LogP contribution in [-0.4, -0.2) is 0 Å². The summed E-state index contributed by atoms with van der Waals surface area (Å²) in [5.74, 6) is 0. The van der Waals surface area contributed by atoms with Crippen LogP contribution in [0.5, 0.6) is 0 Å². The normalized spacial score (nSPS) is 11.6. The molecular weight excluding hydrogens is 665 g/mol. The van der Waals surface area contributed by atoms with Crippen LogP contribution in [0.25, 0.3) is 110 Å². The molecule has 0 bridgehead atoms. The minimum absolute atomic E-state index is 0.896. The van der Waals surface area contributed by atoms with E-state index in [9.17, 15) is 0 Å². The Morgan fingerprint density at radius 1 is 0.255 bits per heavy atom. The number of furan rings is 1. The molecular formula is C54H34O. The van der Waals surface area contributed by atoms with Crippen LogP contribution in [-0.2, 0) is 0 Å². The van der Waals surface area contributed by atoms with Crippen LogP contribution in [0.2, 0.25) is 0 Å². The van der Waals surface area contributed by atoms with E-state index in [1.807, 2.05) is 0 Å². The van der Waals surface area contributed by atoms with Gasteiger partial charge in [0.1, 0.15) is 11.2 Å². The molecule has 0 unspecified atom stereocenters. The van der Waals surface area contributed by atoms with E-state index in [0.717, 1.165) is 38.6 Å². The fourth-order valence-electron chi connectivity index (χ4n) is 8.63. The lowest BCUT2D eigenvalue weighted by molar-refractivity contribution is 0.670. The number of rotatable bonds is 5. The third-order valence-electron chi connectivity index (χ3n) is 11.2. The molecule has 11 rings (SSSR count). The quantitative estimate of drug-likeness (QED) is 0.163. The first-order chi connectivity index (χ1) is 27.3. The summed E-state index contributed by atoms with van der Waals surface area (Å²) in [6.07, 6.45) is 0. The Labute approximate surface area is 319 Å². The van der Waals surface area contributed by atoms with Gasteiger partial charge in [0.2, 0.25) is 0 Å². The van der Waals surface area contributed by atoms with Gasteiger partial charge < -0.3 is 4.42 Å². The summed E-state index contributed by atoms with van der Waals surface area (Å²) in [6.45, 7) is 0. The molecule has 0 saturated heterocycles. The first-order valence-corrected chi connectivity index (χ1v) is 18.9. The maximum Gasteiger partial charge on any atom is 0.143 e. The molecule has 1 nitrogen and oxygen atoms in total. The average molecular weight is 699 g/mol. The maximum absolute atomic E-state index is 6.59. The summed E-state index contributed by atoms with van der Waals surface area (Å²) in [5.41, 5.74) is 13.8. The molecule has 0 spiro atoms. The Kier molecular flexibility index (Phi) is 7.25. The Balaban J connectivity index is 1.05. The van der Waals surface area contributed by atoms with Crippen LogP contribution >= 0.6 is 0 Å². The van der Waals surface area contributed by atoms with E-state index in [4.69, 9.17) is 4.42 Å². The highest BCUT2D eigenvalue weighted by Crippen LogP contribution is 2.45. The number of hydrogen-bond donors (Lipinski definition) is 0. The van der Waals surface area contributed by atoms with Gasteiger partial charge in [-0.05, 0) is 113 Å². The Morgan fingerprint density at radius 3 is 1.49 bits per heavy atom. The highest BCUT2D eigenvalue weighted by atomic mass is 16.3. The van der Waals surface area contributed by atoms with Crippen molar-refractivity contribution in [2.75, 3.05) is 0 Å². The molecule has 256 valence electrons. The number of hydrogen-bond acceptors (Lipinski definition) is 1. The van der Waals surface area contributed by atoms with E-state index in [-0.39, 0.29) is 0 Å². The molecule has 0 N–H and O–H groups in total. The standard InChI is InChI=1S/C54H34O/c1-3-14-36(15-4-1)52-45-21-9-10-22-46(45)53(37-16-5-2-6-17-37)50-34-41(27-29-47(50)52)39-19-11-20-40(31-39)42-28-30-51-49(33-42)48-24-12-23-44(54(48)55-51)43-26-25-35-13-7-8-18-38(35)32-43/h1-34H. The monoisotopic (exact) mass is 698 g/mol. The van der Waals surface area contributed by atoms with Crippen molar-refractivity contribution < 1.29 is 4.42 Å². The van der Waals surface area contributed by atoms with Gasteiger partial charge in [-0.2, -0.15) is 0 Å². The first kappa shape index (κ1) is 31.3. The fraction of sp³-hybridized carbons (Fsp3) is 0. The lowest BCUT2D eigenvalue weighted by Crippen LogP contribution is -1.91. The highest BCUT2D eigenvalue weighted by molar-refractivity contribution is 6.22.